The lowest BCUT2D eigenvalue weighted by Crippen LogP contribution is -2.41. The number of benzene rings is 1. The lowest BCUT2D eigenvalue weighted by Gasteiger charge is -2.14. The van der Waals surface area contributed by atoms with Crippen molar-refractivity contribution < 1.29 is 8.42 Å². The predicted octanol–water partition coefficient (Wildman–Crippen LogP) is 2.42. The summed E-state index contributed by atoms with van der Waals surface area (Å²) in [4.78, 5) is 5.41. The highest BCUT2D eigenvalue weighted by molar-refractivity contribution is 7.98. The summed E-state index contributed by atoms with van der Waals surface area (Å²) in [5, 5.41) is 8.11. The van der Waals surface area contributed by atoms with Gasteiger partial charge >= 0.3 is 0 Å². The number of hydrogen-bond acceptors (Lipinski definition) is 5. The summed E-state index contributed by atoms with van der Waals surface area (Å²) < 4.78 is 27.0. The first-order valence-electron chi connectivity index (χ1n) is 8.07. The second kappa shape index (κ2) is 9.96. The van der Waals surface area contributed by atoms with E-state index in [1.165, 1.54) is 27.4 Å². The smallest absolute Gasteiger partial charge is 0.250 e. The molecule has 26 heavy (non-hydrogen) atoms. The van der Waals surface area contributed by atoms with Crippen LogP contribution in [0.2, 0.25) is 0 Å². The first kappa shape index (κ1) is 20.8. The molecule has 1 heterocycles. The summed E-state index contributed by atoms with van der Waals surface area (Å²) in [7, 11) is -1.73. The molecular weight excluding hydrogens is 388 g/mol. The molecule has 0 saturated heterocycles. The molecule has 0 fully saturated rings. The first-order valence-corrected chi connectivity index (χ1v) is 11.7. The number of nitrogens with zero attached hydrogens (tertiary/aromatic N) is 1. The second-order valence-corrected chi connectivity index (χ2v) is 9.29. The molecule has 9 heteroatoms. The zero-order chi connectivity index (χ0) is 19.0. The number of thioether (sulfide) groups is 1. The number of sulfonamides is 1. The topological polar surface area (TPSA) is 82.6 Å². The van der Waals surface area contributed by atoms with Crippen molar-refractivity contribution in [1.82, 2.24) is 15.4 Å². The molecule has 2 aromatic rings. The Balaban J connectivity index is 1.80. The molecule has 1 aromatic heterocycles. The van der Waals surface area contributed by atoms with Crippen LogP contribution < -0.4 is 15.4 Å². The molecule has 142 valence electrons. The Morgan fingerprint density at radius 2 is 2.04 bits per heavy atom. The van der Waals surface area contributed by atoms with Gasteiger partial charge in [-0.3, -0.25) is 4.99 Å². The fourth-order valence-electron chi connectivity index (χ4n) is 2.25. The molecule has 2 rings (SSSR count). The number of nitrogens with one attached hydrogen (secondary N) is 3. The molecule has 0 aliphatic heterocycles. The minimum Gasteiger partial charge on any atom is -0.355 e. The van der Waals surface area contributed by atoms with Crippen LogP contribution in [0.3, 0.4) is 0 Å². The van der Waals surface area contributed by atoms with Gasteiger partial charge in [0.2, 0.25) is 10.0 Å². The molecule has 0 unspecified atom stereocenters. The van der Waals surface area contributed by atoms with E-state index < -0.39 is 10.0 Å². The lowest BCUT2D eigenvalue weighted by atomic mass is 10.1. The van der Waals surface area contributed by atoms with Gasteiger partial charge < -0.3 is 10.6 Å². The average molecular weight is 413 g/mol. The van der Waals surface area contributed by atoms with Gasteiger partial charge in [-0.05, 0) is 41.8 Å². The number of aryl methyl sites for hydroxylation is 1. The summed E-state index contributed by atoms with van der Waals surface area (Å²) in [5.41, 5.74) is 2.43. The highest BCUT2D eigenvalue weighted by Gasteiger charge is 2.13. The monoisotopic (exact) mass is 412 g/mol. The first-order chi connectivity index (χ1) is 12.5. The third-order valence-electron chi connectivity index (χ3n) is 3.58. The average Bonchev–Trinajstić information content (AvgIpc) is 3.17. The van der Waals surface area contributed by atoms with Gasteiger partial charge in [0, 0.05) is 31.6 Å². The Bertz CT molecular complexity index is 834. The van der Waals surface area contributed by atoms with E-state index in [9.17, 15) is 8.42 Å². The van der Waals surface area contributed by atoms with Gasteiger partial charge in [0.1, 0.15) is 4.21 Å². The number of hydrogen-bond donors (Lipinski definition) is 3. The van der Waals surface area contributed by atoms with Crippen molar-refractivity contribution in [3.8, 4) is 0 Å². The van der Waals surface area contributed by atoms with Gasteiger partial charge in [0.05, 0.1) is 0 Å². The Morgan fingerprint density at radius 1 is 1.23 bits per heavy atom. The molecule has 0 spiro atoms. The van der Waals surface area contributed by atoms with Crippen molar-refractivity contribution in [3.63, 3.8) is 0 Å². The predicted molar refractivity (Wildman–Crippen MR) is 111 cm³/mol. The van der Waals surface area contributed by atoms with Gasteiger partial charge in [-0.25, -0.2) is 13.1 Å². The van der Waals surface area contributed by atoms with E-state index in [0.29, 0.717) is 23.3 Å². The van der Waals surface area contributed by atoms with Crippen molar-refractivity contribution >= 4 is 39.1 Å². The quantitative estimate of drug-likeness (QED) is 0.268. The molecule has 6 nitrogen and oxygen atoms in total. The maximum Gasteiger partial charge on any atom is 0.250 e. The van der Waals surface area contributed by atoms with Gasteiger partial charge in [0.25, 0.3) is 0 Å². The molecular formula is C17H24N4O2S3. The molecule has 1 aromatic carbocycles. The molecule has 0 aliphatic carbocycles. The van der Waals surface area contributed by atoms with Crippen LogP contribution in [-0.4, -0.2) is 40.8 Å². The molecule has 0 bridgehead atoms. The summed E-state index contributed by atoms with van der Waals surface area (Å²) in [5.74, 6) is 0.632. The van der Waals surface area contributed by atoms with Crippen LogP contribution >= 0.6 is 23.1 Å². The lowest BCUT2D eigenvalue weighted by molar-refractivity contribution is 0.582. The van der Waals surface area contributed by atoms with Crippen LogP contribution in [0.1, 0.15) is 11.1 Å². The Kier molecular flexibility index (Phi) is 7.95. The minimum absolute atomic E-state index is 0.279. The molecule has 0 saturated carbocycles. The van der Waals surface area contributed by atoms with E-state index in [2.05, 4.69) is 51.7 Å². The summed E-state index contributed by atoms with van der Waals surface area (Å²) in [6.45, 7) is 3.45. The van der Waals surface area contributed by atoms with Gasteiger partial charge in [-0.15, -0.1) is 23.1 Å². The normalized spacial score (nSPS) is 12.2. The van der Waals surface area contributed by atoms with E-state index in [-0.39, 0.29) is 6.54 Å². The fraction of sp³-hybridized carbons (Fsp3) is 0.353. The largest absolute Gasteiger partial charge is 0.355 e. The van der Waals surface area contributed by atoms with Crippen molar-refractivity contribution in [2.75, 3.05) is 26.4 Å². The van der Waals surface area contributed by atoms with Crippen molar-refractivity contribution in [2.24, 2.45) is 4.99 Å². The maximum atomic E-state index is 12.0. The van der Waals surface area contributed by atoms with Crippen LogP contribution in [-0.2, 0) is 16.6 Å². The SMILES string of the molecule is CN=C(NCCNS(=O)(=O)c1cccs1)NCc1ccc(C)cc1SC. The Morgan fingerprint density at radius 3 is 2.69 bits per heavy atom. The van der Waals surface area contributed by atoms with Crippen LogP contribution in [0.5, 0.6) is 0 Å². The summed E-state index contributed by atoms with van der Waals surface area (Å²) in [6.07, 6.45) is 2.06. The van der Waals surface area contributed by atoms with Crippen molar-refractivity contribution in [1.29, 1.82) is 0 Å². The van der Waals surface area contributed by atoms with Gasteiger partial charge in [-0.1, -0.05) is 18.2 Å². The molecule has 0 atom stereocenters. The highest BCUT2D eigenvalue weighted by Crippen LogP contribution is 2.21. The molecule has 0 aliphatic rings. The van der Waals surface area contributed by atoms with E-state index in [4.69, 9.17) is 0 Å². The molecule has 0 amide bonds. The number of rotatable bonds is 8. The third kappa shape index (κ3) is 6.01. The summed E-state index contributed by atoms with van der Waals surface area (Å²) >= 11 is 2.92. The molecule has 3 N–H and O–H groups in total. The van der Waals surface area contributed by atoms with Crippen LogP contribution in [0, 0.1) is 6.92 Å². The third-order valence-corrected chi connectivity index (χ3v) is 7.26. The highest BCUT2D eigenvalue weighted by atomic mass is 32.2. The number of guanidine groups is 1. The molecule has 0 radical (unpaired) electrons. The van der Waals surface area contributed by atoms with E-state index in [1.807, 2.05) is 0 Å². The Hall–Kier alpha value is -1.55. The standard InChI is InChI=1S/C17H24N4O2S3/c1-13-6-7-14(15(11-13)24-3)12-20-17(18-2)19-8-9-21-26(22,23)16-5-4-10-25-16/h4-7,10-11,21H,8-9,12H2,1-3H3,(H2,18,19,20). The number of thiophene rings is 1. The fourth-order valence-corrected chi connectivity index (χ4v) is 5.03. The van der Waals surface area contributed by atoms with Crippen molar-refractivity contribution in [3.05, 3.63) is 46.8 Å². The second-order valence-electron chi connectivity index (χ2n) is 5.50. The van der Waals surface area contributed by atoms with E-state index >= 15 is 0 Å². The van der Waals surface area contributed by atoms with Crippen LogP contribution in [0.4, 0.5) is 0 Å². The summed E-state index contributed by atoms with van der Waals surface area (Å²) in [6, 6.07) is 9.67. The minimum atomic E-state index is -3.42. The van der Waals surface area contributed by atoms with E-state index in [0.717, 1.165) is 0 Å². The van der Waals surface area contributed by atoms with Gasteiger partial charge in [0.15, 0.2) is 5.96 Å². The number of aliphatic imine (C=N–C) groups is 1. The zero-order valence-corrected chi connectivity index (χ0v) is 17.5. The van der Waals surface area contributed by atoms with Gasteiger partial charge in [-0.2, -0.15) is 0 Å². The maximum absolute atomic E-state index is 12.0. The van der Waals surface area contributed by atoms with Crippen LogP contribution in [0.25, 0.3) is 0 Å². The van der Waals surface area contributed by atoms with Crippen molar-refractivity contribution in [2.45, 2.75) is 22.6 Å². The van der Waals surface area contributed by atoms with E-state index in [1.54, 1.807) is 36.3 Å². The zero-order valence-electron chi connectivity index (χ0n) is 15.1. The Labute approximate surface area is 163 Å². The van der Waals surface area contributed by atoms with Crippen LogP contribution in [0.15, 0.2) is 49.8 Å².